The van der Waals surface area contributed by atoms with Gasteiger partial charge < -0.3 is 24.2 Å². The Bertz CT molecular complexity index is 1750. The molecule has 12 nitrogen and oxygen atoms in total. The normalized spacial score (nSPS) is 22.9. The molecule has 0 saturated carbocycles. The van der Waals surface area contributed by atoms with Crippen LogP contribution < -0.4 is 14.5 Å². The van der Waals surface area contributed by atoms with Crippen LogP contribution in [0.1, 0.15) is 61.6 Å². The van der Waals surface area contributed by atoms with E-state index in [4.69, 9.17) is 24.5 Å². The molecule has 1 unspecified atom stereocenters. The zero-order valence-electron chi connectivity index (χ0n) is 28.6. The molecule has 4 aliphatic heterocycles. The van der Waals surface area contributed by atoms with Crippen LogP contribution in [-0.2, 0) is 22.5 Å². The SMILES string of the molecule is C=CC(=O)N1CCN(c2nc(OC[C@@H]3CCCN3CC(F)F)nc3c2CCN(c2c(C)ccc4c2cnn4C2CCCCO2)C3)C[C@@H]1CC#N. The van der Waals surface area contributed by atoms with Crippen molar-refractivity contribution in [3.05, 3.63) is 47.8 Å². The molecule has 1 aromatic carbocycles. The van der Waals surface area contributed by atoms with Gasteiger partial charge in [0.15, 0.2) is 6.23 Å². The zero-order valence-corrected chi connectivity index (χ0v) is 28.6. The molecule has 0 N–H and O–H groups in total. The van der Waals surface area contributed by atoms with Crippen molar-refractivity contribution in [1.82, 2.24) is 29.5 Å². The number of carbonyl (C=O) groups is 1. The quantitative estimate of drug-likeness (QED) is 0.279. The van der Waals surface area contributed by atoms with E-state index in [2.05, 4.69) is 41.5 Å². The molecule has 14 heteroatoms. The number of likely N-dealkylation sites (tertiary alicyclic amines) is 1. The lowest BCUT2D eigenvalue weighted by Crippen LogP contribution is -2.55. The van der Waals surface area contributed by atoms with Gasteiger partial charge in [-0.2, -0.15) is 20.3 Å². The van der Waals surface area contributed by atoms with Crippen molar-refractivity contribution in [3.63, 3.8) is 0 Å². The van der Waals surface area contributed by atoms with Crippen LogP contribution in [0.3, 0.4) is 0 Å². The minimum atomic E-state index is -2.41. The number of nitriles is 1. The number of carbonyl (C=O) groups excluding carboxylic acids is 1. The lowest BCUT2D eigenvalue weighted by atomic mass is 10.0. The zero-order chi connectivity index (χ0) is 34.8. The Morgan fingerprint density at radius 1 is 1.14 bits per heavy atom. The number of ether oxygens (including phenoxy) is 2. The monoisotopic (exact) mass is 689 g/mol. The molecule has 2 aromatic heterocycles. The van der Waals surface area contributed by atoms with Crippen molar-refractivity contribution in [2.75, 3.05) is 62.3 Å². The third-order valence-corrected chi connectivity index (χ3v) is 10.6. The van der Waals surface area contributed by atoms with Gasteiger partial charge in [-0.15, -0.1) is 0 Å². The molecule has 0 aliphatic carbocycles. The summed E-state index contributed by atoms with van der Waals surface area (Å²) in [5.74, 6) is 0.550. The van der Waals surface area contributed by atoms with Crippen molar-refractivity contribution >= 4 is 28.3 Å². The molecule has 50 heavy (non-hydrogen) atoms. The molecule has 0 bridgehead atoms. The van der Waals surface area contributed by atoms with E-state index >= 15 is 0 Å². The number of fused-ring (bicyclic) bond motifs is 2. The van der Waals surface area contributed by atoms with Crippen LogP contribution in [0.25, 0.3) is 10.9 Å². The molecule has 0 radical (unpaired) electrons. The average Bonchev–Trinajstić information content (AvgIpc) is 3.76. The number of hydrogen-bond acceptors (Lipinski definition) is 10. The van der Waals surface area contributed by atoms with Crippen molar-refractivity contribution in [1.29, 1.82) is 5.26 Å². The van der Waals surface area contributed by atoms with E-state index in [-0.39, 0.29) is 49.8 Å². The summed E-state index contributed by atoms with van der Waals surface area (Å²) >= 11 is 0. The standard InChI is InChI=1S/C36H45F2N9O3/c1-3-32(48)46-17-16-45(20-25(46)11-13-39)35-27-12-15-44(21-29(27)41-36(42-35)50-23-26-7-6-14-43(26)22-31(37)38)34-24(2)9-10-30-28(34)19-40-47(30)33-8-4-5-18-49-33/h3,9-10,19,25-26,31,33H,1,4-8,11-12,14-18,20-23H2,2H3/t25-,26-,33?/m0/s1. The topological polar surface area (TPSA) is 116 Å². The summed E-state index contributed by atoms with van der Waals surface area (Å²) in [6.45, 7) is 9.70. The number of halogens is 2. The van der Waals surface area contributed by atoms with E-state index in [0.29, 0.717) is 39.1 Å². The highest BCUT2D eigenvalue weighted by Crippen LogP contribution is 2.38. The second kappa shape index (κ2) is 14.9. The highest BCUT2D eigenvalue weighted by Gasteiger charge is 2.34. The lowest BCUT2D eigenvalue weighted by Gasteiger charge is -2.42. The molecule has 3 fully saturated rings. The Hall–Kier alpha value is -4.35. The fourth-order valence-corrected chi connectivity index (χ4v) is 8.09. The molecule has 6 heterocycles. The minimum Gasteiger partial charge on any atom is -0.462 e. The number of rotatable bonds is 10. The Morgan fingerprint density at radius 3 is 2.80 bits per heavy atom. The van der Waals surface area contributed by atoms with Gasteiger partial charge in [0.05, 0.1) is 54.7 Å². The highest BCUT2D eigenvalue weighted by atomic mass is 19.3. The first-order valence-electron chi connectivity index (χ1n) is 17.8. The van der Waals surface area contributed by atoms with Crippen molar-refractivity contribution in [2.45, 2.75) is 83.2 Å². The second-order valence-electron chi connectivity index (χ2n) is 13.7. The molecular formula is C36H45F2N9O3. The predicted octanol–water partition coefficient (Wildman–Crippen LogP) is 4.62. The summed E-state index contributed by atoms with van der Waals surface area (Å²) in [5.41, 5.74) is 5.14. The maximum Gasteiger partial charge on any atom is 0.318 e. The van der Waals surface area contributed by atoms with Gasteiger partial charge in [0.2, 0.25) is 5.91 Å². The fourth-order valence-electron chi connectivity index (χ4n) is 8.09. The number of amides is 1. The maximum absolute atomic E-state index is 13.3. The first-order chi connectivity index (χ1) is 24.3. The summed E-state index contributed by atoms with van der Waals surface area (Å²) in [4.78, 5) is 30.5. The van der Waals surface area contributed by atoms with E-state index in [1.165, 1.54) is 6.08 Å². The van der Waals surface area contributed by atoms with Crippen LogP contribution in [0.4, 0.5) is 20.3 Å². The molecule has 4 aliphatic rings. The maximum atomic E-state index is 13.3. The molecular weight excluding hydrogens is 644 g/mol. The van der Waals surface area contributed by atoms with Crippen LogP contribution in [-0.4, -0.2) is 106 Å². The second-order valence-corrected chi connectivity index (χ2v) is 13.7. The Kier molecular flexibility index (Phi) is 10.1. The van der Waals surface area contributed by atoms with Crippen LogP contribution in [0.5, 0.6) is 6.01 Å². The third kappa shape index (κ3) is 6.85. The largest absolute Gasteiger partial charge is 0.462 e. The van der Waals surface area contributed by atoms with Gasteiger partial charge in [0.25, 0.3) is 6.43 Å². The Balaban J connectivity index is 1.20. The molecule has 3 saturated heterocycles. The molecule has 7 rings (SSSR count). The number of piperazine rings is 1. The third-order valence-electron chi connectivity index (χ3n) is 10.6. The average molecular weight is 690 g/mol. The summed E-state index contributed by atoms with van der Waals surface area (Å²) in [6, 6.07) is 6.25. The number of benzene rings is 1. The first kappa shape index (κ1) is 34.1. The summed E-state index contributed by atoms with van der Waals surface area (Å²) < 4.78 is 40.9. The van der Waals surface area contributed by atoms with Crippen LogP contribution >= 0.6 is 0 Å². The van der Waals surface area contributed by atoms with Gasteiger partial charge in [-0.05, 0) is 69.7 Å². The number of aromatic nitrogens is 4. The van der Waals surface area contributed by atoms with Gasteiger partial charge in [-0.25, -0.2) is 13.5 Å². The number of nitrogens with zero attached hydrogens (tertiary/aromatic N) is 9. The van der Waals surface area contributed by atoms with E-state index < -0.39 is 6.43 Å². The Labute approximate surface area is 291 Å². The smallest absolute Gasteiger partial charge is 0.318 e. The number of hydrogen-bond donors (Lipinski definition) is 0. The fraction of sp³-hybridized carbons (Fsp3) is 0.583. The summed E-state index contributed by atoms with van der Waals surface area (Å²) in [7, 11) is 0. The van der Waals surface area contributed by atoms with Crippen LogP contribution in [0, 0.1) is 18.3 Å². The first-order valence-corrected chi connectivity index (χ1v) is 17.8. The van der Waals surface area contributed by atoms with Crippen molar-refractivity contribution < 1.29 is 23.0 Å². The summed E-state index contributed by atoms with van der Waals surface area (Å²) in [5, 5.41) is 15.4. The van der Waals surface area contributed by atoms with Gasteiger partial charge in [-0.1, -0.05) is 12.6 Å². The van der Waals surface area contributed by atoms with Gasteiger partial charge >= 0.3 is 6.01 Å². The van der Waals surface area contributed by atoms with Crippen LogP contribution in [0.2, 0.25) is 0 Å². The van der Waals surface area contributed by atoms with E-state index in [1.54, 1.807) is 9.80 Å². The minimum absolute atomic E-state index is 0.0718. The predicted molar refractivity (Wildman–Crippen MR) is 184 cm³/mol. The van der Waals surface area contributed by atoms with E-state index in [9.17, 15) is 18.8 Å². The molecule has 3 aromatic rings. The number of anilines is 2. The van der Waals surface area contributed by atoms with Crippen molar-refractivity contribution in [2.24, 2.45) is 0 Å². The number of aryl methyl sites for hydroxylation is 1. The lowest BCUT2D eigenvalue weighted by molar-refractivity contribution is -0.128. The molecule has 1 amide bonds. The van der Waals surface area contributed by atoms with E-state index in [1.807, 2.05) is 10.9 Å². The number of alkyl halides is 2. The Morgan fingerprint density at radius 2 is 2.02 bits per heavy atom. The highest BCUT2D eigenvalue weighted by molar-refractivity contribution is 5.94. The molecule has 0 spiro atoms. The summed E-state index contributed by atoms with van der Waals surface area (Å²) in [6.07, 6.45) is 6.36. The van der Waals surface area contributed by atoms with Gasteiger partial charge in [0, 0.05) is 49.8 Å². The molecule has 266 valence electrons. The van der Waals surface area contributed by atoms with Gasteiger partial charge in [0.1, 0.15) is 12.4 Å². The molecule has 3 atom stereocenters. The van der Waals surface area contributed by atoms with E-state index in [0.717, 1.165) is 84.5 Å². The van der Waals surface area contributed by atoms with Gasteiger partial charge in [-0.3, -0.25) is 9.69 Å². The van der Waals surface area contributed by atoms with Crippen molar-refractivity contribution in [3.8, 4) is 12.1 Å². The van der Waals surface area contributed by atoms with Crippen LogP contribution in [0.15, 0.2) is 31.0 Å².